The van der Waals surface area contributed by atoms with Crippen LogP contribution in [-0.4, -0.2) is 34.9 Å². The first-order valence-electron chi connectivity index (χ1n) is 7.11. The van der Waals surface area contributed by atoms with Gasteiger partial charge in [-0.25, -0.2) is 4.79 Å². The van der Waals surface area contributed by atoms with Gasteiger partial charge in [-0.15, -0.1) is 0 Å². The molecule has 1 amide bonds. The molecule has 6 heteroatoms. The summed E-state index contributed by atoms with van der Waals surface area (Å²) in [5.41, 5.74) is 4.61. The summed E-state index contributed by atoms with van der Waals surface area (Å²) in [6, 6.07) is 0. The van der Waals surface area contributed by atoms with E-state index in [-0.39, 0.29) is 18.9 Å². The number of alkyl carbamates (subject to hydrolysis) is 1. The van der Waals surface area contributed by atoms with Crippen LogP contribution in [0.1, 0.15) is 52.9 Å². The van der Waals surface area contributed by atoms with E-state index in [9.17, 15) is 9.59 Å². The first kappa shape index (κ1) is 16.8. The summed E-state index contributed by atoms with van der Waals surface area (Å²) >= 11 is 0. The number of amides is 1. The Hall–Kier alpha value is -1.30. The largest absolute Gasteiger partial charge is 0.481 e. The zero-order valence-corrected chi connectivity index (χ0v) is 12.6. The van der Waals surface area contributed by atoms with E-state index in [4.69, 9.17) is 15.6 Å². The quantitative estimate of drug-likeness (QED) is 0.716. The van der Waals surface area contributed by atoms with Crippen molar-refractivity contribution in [3.05, 3.63) is 0 Å². The molecule has 0 bridgehead atoms. The lowest BCUT2D eigenvalue weighted by Crippen LogP contribution is -2.55. The van der Waals surface area contributed by atoms with Crippen molar-refractivity contribution in [3.63, 3.8) is 0 Å². The Balaban J connectivity index is 2.80. The molecule has 1 rings (SSSR count). The fourth-order valence-electron chi connectivity index (χ4n) is 2.86. The van der Waals surface area contributed by atoms with Crippen LogP contribution in [0, 0.1) is 5.92 Å². The molecule has 1 aliphatic carbocycles. The molecule has 0 aromatic heterocycles. The van der Waals surface area contributed by atoms with E-state index < -0.39 is 23.2 Å². The van der Waals surface area contributed by atoms with Gasteiger partial charge in [0.2, 0.25) is 0 Å². The molecule has 0 aromatic rings. The molecule has 0 saturated heterocycles. The summed E-state index contributed by atoms with van der Waals surface area (Å²) in [5, 5.41) is 11.9. The van der Waals surface area contributed by atoms with Crippen molar-refractivity contribution in [1.82, 2.24) is 5.32 Å². The zero-order chi connectivity index (χ0) is 15.4. The summed E-state index contributed by atoms with van der Waals surface area (Å²) in [7, 11) is 0. The van der Waals surface area contributed by atoms with Gasteiger partial charge in [0, 0.05) is 11.5 Å². The maximum Gasteiger partial charge on any atom is 0.408 e. The predicted molar refractivity (Wildman–Crippen MR) is 75.4 cm³/mol. The molecule has 1 saturated carbocycles. The monoisotopic (exact) mass is 286 g/mol. The van der Waals surface area contributed by atoms with Gasteiger partial charge in [-0.05, 0) is 40.2 Å². The minimum absolute atomic E-state index is 0.0354. The van der Waals surface area contributed by atoms with E-state index >= 15 is 0 Å². The molecule has 6 nitrogen and oxygen atoms in total. The number of aliphatic carboxylic acids is 1. The van der Waals surface area contributed by atoms with Crippen LogP contribution in [0.4, 0.5) is 4.79 Å². The maximum atomic E-state index is 12.0. The van der Waals surface area contributed by atoms with Gasteiger partial charge < -0.3 is 20.9 Å². The highest BCUT2D eigenvalue weighted by Gasteiger charge is 2.43. The molecule has 0 radical (unpaired) electrons. The third kappa shape index (κ3) is 4.67. The number of carboxylic acid groups (broad SMARTS) is 1. The number of rotatable bonds is 5. The SMILES string of the molecule is CC(C)(C)OC(=O)NC1(C(CN)CC(=O)O)CCCC1. The molecule has 1 fully saturated rings. The third-order valence-corrected chi connectivity index (χ3v) is 3.73. The molecule has 20 heavy (non-hydrogen) atoms. The number of nitrogens with one attached hydrogen (secondary N) is 1. The number of carboxylic acids is 1. The fourth-order valence-corrected chi connectivity index (χ4v) is 2.86. The number of carbonyl (C=O) groups excluding carboxylic acids is 1. The van der Waals surface area contributed by atoms with E-state index in [0.29, 0.717) is 0 Å². The average molecular weight is 286 g/mol. The Morgan fingerprint density at radius 2 is 1.90 bits per heavy atom. The van der Waals surface area contributed by atoms with Gasteiger partial charge in [-0.2, -0.15) is 0 Å². The minimum Gasteiger partial charge on any atom is -0.481 e. The second-order valence-electron chi connectivity index (χ2n) is 6.52. The average Bonchev–Trinajstić information content (AvgIpc) is 2.72. The number of hydrogen-bond acceptors (Lipinski definition) is 4. The van der Waals surface area contributed by atoms with Gasteiger partial charge in [0.1, 0.15) is 5.60 Å². The Morgan fingerprint density at radius 1 is 1.35 bits per heavy atom. The molecular formula is C14H26N2O4. The van der Waals surface area contributed by atoms with E-state index in [1.807, 2.05) is 0 Å². The Morgan fingerprint density at radius 3 is 2.30 bits per heavy atom. The number of nitrogens with two attached hydrogens (primary N) is 1. The second-order valence-corrected chi connectivity index (χ2v) is 6.52. The molecule has 0 spiro atoms. The lowest BCUT2D eigenvalue weighted by molar-refractivity contribution is -0.138. The summed E-state index contributed by atoms with van der Waals surface area (Å²) in [4.78, 5) is 23.0. The number of hydrogen-bond donors (Lipinski definition) is 3. The van der Waals surface area contributed by atoms with Gasteiger partial charge in [-0.1, -0.05) is 12.8 Å². The molecular weight excluding hydrogens is 260 g/mol. The zero-order valence-electron chi connectivity index (χ0n) is 12.6. The third-order valence-electron chi connectivity index (χ3n) is 3.73. The highest BCUT2D eigenvalue weighted by atomic mass is 16.6. The molecule has 1 unspecified atom stereocenters. The van der Waals surface area contributed by atoms with Crippen LogP contribution >= 0.6 is 0 Å². The van der Waals surface area contributed by atoms with Crippen LogP contribution in [0.25, 0.3) is 0 Å². The highest BCUT2D eigenvalue weighted by molar-refractivity contribution is 5.70. The Labute approximate surface area is 120 Å². The van der Waals surface area contributed by atoms with Gasteiger partial charge in [0.25, 0.3) is 0 Å². The van der Waals surface area contributed by atoms with Crippen LogP contribution in [0.5, 0.6) is 0 Å². The van der Waals surface area contributed by atoms with E-state index in [0.717, 1.165) is 25.7 Å². The molecule has 4 N–H and O–H groups in total. The van der Waals surface area contributed by atoms with Crippen LogP contribution in [0.3, 0.4) is 0 Å². The van der Waals surface area contributed by atoms with Crippen molar-refractivity contribution in [2.24, 2.45) is 11.7 Å². The lowest BCUT2D eigenvalue weighted by Gasteiger charge is -2.37. The molecule has 1 aliphatic rings. The maximum absolute atomic E-state index is 12.0. The normalized spacial score (nSPS) is 19.4. The minimum atomic E-state index is -0.891. The Kier molecular flexibility index (Phi) is 5.39. The van der Waals surface area contributed by atoms with Gasteiger partial charge >= 0.3 is 12.1 Å². The highest BCUT2D eigenvalue weighted by Crippen LogP contribution is 2.37. The van der Waals surface area contributed by atoms with Crippen LogP contribution in [0.15, 0.2) is 0 Å². The molecule has 0 aliphatic heterocycles. The van der Waals surface area contributed by atoms with E-state index in [1.165, 1.54) is 0 Å². The van der Waals surface area contributed by atoms with Crippen molar-refractivity contribution in [2.75, 3.05) is 6.54 Å². The number of ether oxygens (including phenoxy) is 1. The van der Waals surface area contributed by atoms with Gasteiger partial charge in [0.15, 0.2) is 0 Å². The molecule has 0 heterocycles. The second kappa shape index (κ2) is 6.43. The van der Waals surface area contributed by atoms with Crippen molar-refractivity contribution in [3.8, 4) is 0 Å². The first-order chi connectivity index (χ1) is 9.18. The van der Waals surface area contributed by atoms with Crippen molar-refractivity contribution < 1.29 is 19.4 Å². The fraction of sp³-hybridized carbons (Fsp3) is 0.857. The van der Waals surface area contributed by atoms with Crippen molar-refractivity contribution >= 4 is 12.1 Å². The van der Waals surface area contributed by atoms with Crippen LogP contribution in [0.2, 0.25) is 0 Å². The topological polar surface area (TPSA) is 102 Å². The lowest BCUT2D eigenvalue weighted by atomic mass is 9.80. The van der Waals surface area contributed by atoms with Crippen LogP contribution < -0.4 is 11.1 Å². The van der Waals surface area contributed by atoms with Crippen molar-refractivity contribution in [2.45, 2.75) is 64.0 Å². The van der Waals surface area contributed by atoms with Crippen molar-refractivity contribution in [1.29, 1.82) is 0 Å². The molecule has 1 atom stereocenters. The van der Waals surface area contributed by atoms with Gasteiger partial charge in [0.05, 0.1) is 6.42 Å². The predicted octanol–water partition coefficient (Wildman–Crippen LogP) is 1.87. The molecule has 0 aromatic carbocycles. The van der Waals surface area contributed by atoms with E-state index in [1.54, 1.807) is 20.8 Å². The summed E-state index contributed by atoms with van der Waals surface area (Å²) in [5.74, 6) is -1.16. The van der Waals surface area contributed by atoms with E-state index in [2.05, 4.69) is 5.32 Å². The molecule has 116 valence electrons. The first-order valence-corrected chi connectivity index (χ1v) is 7.11. The standard InChI is InChI=1S/C14H26N2O4/c1-13(2,3)20-12(19)16-14(6-4-5-7-14)10(9-15)8-11(17)18/h10H,4-9,15H2,1-3H3,(H,16,19)(H,17,18). The van der Waals surface area contributed by atoms with Crippen LogP contribution in [-0.2, 0) is 9.53 Å². The number of carbonyl (C=O) groups is 2. The summed E-state index contributed by atoms with van der Waals surface area (Å²) in [6.07, 6.45) is 2.90. The smallest absolute Gasteiger partial charge is 0.408 e. The summed E-state index contributed by atoms with van der Waals surface area (Å²) in [6.45, 7) is 5.63. The van der Waals surface area contributed by atoms with Gasteiger partial charge in [-0.3, -0.25) is 4.79 Å². The Bertz CT molecular complexity index is 357. The summed E-state index contributed by atoms with van der Waals surface area (Å²) < 4.78 is 5.29.